The summed E-state index contributed by atoms with van der Waals surface area (Å²) in [6, 6.07) is 37.3. The van der Waals surface area contributed by atoms with E-state index in [-0.39, 0.29) is 31.0 Å². The van der Waals surface area contributed by atoms with Crippen LogP contribution in [0.5, 0.6) is 5.75 Å². The van der Waals surface area contributed by atoms with E-state index in [0.717, 1.165) is 27.2 Å². The van der Waals surface area contributed by atoms with Gasteiger partial charge in [0.15, 0.2) is 11.6 Å². The number of amides is 1. The minimum atomic E-state index is -4.59. The van der Waals surface area contributed by atoms with Gasteiger partial charge in [-0.15, -0.1) is 0 Å². The van der Waals surface area contributed by atoms with Gasteiger partial charge in [-0.25, -0.2) is 4.99 Å². The second-order valence-corrected chi connectivity index (χ2v) is 12.8. The molecule has 256 valence electrons. The van der Waals surface area contributed by atoms with E-state index in [1.165, 1.54) is 18.2 Å². The monoisotopic (exact) mass is 742 g/mol. The number of aliphatic imine (C=N–C) groups is 1. The van der Waals surface area contributed by atoms with E-state index in [4.69, 9.17) is 19.6 Å². The molecule has 0 saturated heterocycles. The van der Waals surface area contributed by atoms with E-state index in [1.807, 2.05) is 78.9 Å². The summed E-state index contributed by atoms with van der Waals surface area (Å²) in [5.41, 5.74) is 1.57. The SMILES string of the molecule is O=C(NCc1ccccc1C(F)(F)F)[C@]1(Cc2ccc(Br)cc2)N=C(c2ccc(OCCCO)cc2)O[C@@H]1c1ccc(-c2ccccc2)cc1. The Morgan fingerprint density at radius 3 is 2.16 bits per heavy atom. The summed E-state index contributed by atoms with van der Waals surface area (Å²) in [5, 5.41) is 11.9. The highest BCUT2D eigenvalue weighted by Gasteiger charge is 2.53. The van der Waals surface area contributed by atoms with Gasteiger partial charge in [0.05, 0.1) is 12.2 Å². The van der Waals surface area contributed by atoms with Crippen molar-refractivity contribution in [1.29, 1.82) is 0 Å². The summed E-state index contributed by atoms with van der Waals surface area (Å²) in [4.78, 5) is 19.6. The molecule has 2 N–H and O–H groups in total. The number of carbonyl (C=O) groups excluding carboxylic acids is 1. The van der Waals surface area contributed by atoms with Crippen LogP contribution >= 0.6 is 15.9 Å². The smallest absolute Gasteiger partial charge is 0.416 e. The van der Waals surface area contributed by atoms with Crippen molar-refractivity contribution in [2.24, 2.45) is 4.99 Å². The molecular formula is C40H34BrF3N2O4. The molecule has 10 heteroatoms. The van der Waals surface area contributed by atoms with Crippen LogP contribution < -0.4 is 10.1 Å². The summed E-state index contributed by atoms with van der Waals surface area (Å²) >= 11 is 3.47. The first-order chi connectivity index (χ1) is 24.2. The highest BCUT2D eigenvalue weighted by Crippen LogP contribution is 2.43. The normalized spacial score (nSPS) is 17.1. The van der Waals surface area contributed by atoms with Gasteiger partial charge in [0.2, 0.25) is 5.90 Å². The molecule has 2 atom stereocenters. The Balaban J connectivity index is 1.42. The summed E-state index contributed by atoms with van der Waals surface area (Å²) in [6.45, 7) is 0.00400. The van der Waals surface area contributed by atoms with E-state index >= 15 is 0 Å². The third-order valence-corrected chi connectivity index (χ3v) is 9.03. The molecule has 0 spiro atoms. The average molecular weight is 744 g/mol. The van der Waals surface area contributed by atoms with Crippen molar-refractivity contribution in [3.05, 3.63) is 160 Å². The van der Waals surface area contributed by atoms with Crippen LogP contribution in [0.4, 0.5) is 13.2 Å². The van der Waals surface area contributed by atoms with Crippen molar-refractivity contribution in [3.63, 3.8) is 0 Å². The molecule has 6 nitrogen and oxygen atoms in total. The zero-order chi connectivity index (χ0) is 35.1. The van der Waals surface area contributed by atoms with Crippen molar-refractivity contribution in [2.45, 2.75) is 37.2 Å². The lowest BCUT2D eigenvalue weighted by molar-refractivity contribution is -0.138. The third kappa shape index (κ3) is 7.93. The number of nitrogens with one attached hydrogen (secondary N) is 1. The van der Waals surface area contributed by atoms with Crippen LogP contribution in [0, 0.1) is 0 Å². The number of alkyl halides is 3. The lowest BCUT2D eigenvalue weighted by Crippen LogP contribution is -2.49. The number of hydrogen-bond acceptors (Lipinski definition) is 5. The summed E-state index contributed by atoms with van der Waals surface area (Å²) in [7, 11) is 0. The van der Waals surface area contributed by atoms with Crippen LogP contribution in [0.2, 0.25) is 0 Å². The second-order valence-electron chi connectivity index (χ2n) is 11.9. The molecule has 50 heavy (non-hydrogen) atoms. The number of aliphatic hydroxyl groups excluding tert-OH is 1. The fourth-order valence-corrected chi connectivity index (χ4v) is 6.22. The Bertz CT molecular complexity index is 1930. The molecule has 0 radical (unpaired) electrons. The lowest BCUT2D eigenvalue weighted by Gasteiger charge is -2.31. The van der Waals surface area contributed by atoms with Gasteiger partial charge >= 0.3 is 6.18 Å². The van der Waals surface area contributed by atoms with Gasteiger partial charge in [-0.05, 0) is 70.3 Å². The van der Waals surface area contributed by atoms with Gasteiger partial charge in [0.1, 0.15) is 5.75 Å². The van der Waals surface area contributed by atoms with Crippen LogP contribution in [0.25, 0.3) is 11.1 Å². The number of nitrogens with zero attached hydrogens (tertiary/aromatic N) is 1. The van der Waals surface area contributed by atoms with Crippen LogP contribution in [0.3, 0.4) is 0 Å². The Kier molecular flexibility index (Phi) is 10.7. The van der Waals surface area contributed by atoms with E-state index < -0.39 is 29.3 Å². The number of hydrogen-bond donors (Lipinski definition) is 2. The first-order valence-electron chi connectivity index (χ1n) is 16.1. The molecule has 0 saturated carbocycles. The van der Waals surface area contributed by atoms with E-state index in [1.54, 1.807) is 24.3 Å². The molecule has 0 aromatic heterocycles. The largest absolute Gasteiger partial charge is 0.494 e. The van der Waals surface area contributed by atoms with Gasteiger partial charge in [-0.2, -0.15) is 13.2 Å². The van der Waals surface area contributed by atoms with E-state index in [9.17, 15) is 18.0 Å². The van der Waals surface area contributed by atoms with Gasteiger partial charge in [-0.3, -0.25) is 4.79 Å². The Morgan fingerprint density at radius 1 is 0.840 bits per heavy atom. The maximum absolute atomic E-state index is 14.6. The molecule has 0 bridgehead atoms. The lowest BCUT2D eigenvalue weighted by atomic mass is 9.81. The van der Waals surface area contributed by atoms with Crippen LogP contribution in [0.15, 0.2) is 137 Å². The topological polar surface area (TPSA) is 80.2 Å². The van der Waals surface area contributed by atoms with Gasteiger partial charge in [0, 0.05) is 36.0 Å². The molecule has 6 rings (SSSR count). The molecule has 1 aliphatic heterocycles. The summed E-state index contributed by atoms with van der Waals surface area (Å²) in [6.07, 6.45) is -4.92. The zero-order valence-electron chi connectivity index (χ0n) is 26.9. The van der Waals surface area contributed by atoms with Crippen molar-refractivity contribution in [2.75, 3.05) is 13.2 Å². The molecule has 0 fully saturated rings. The minimum Gasteiger partial charge on any atom is -0.494 e. The zero-order valence-corrected chi connectivity index (χ0v) is 28.5. The Labute approximate surface area is 296 Å². The van der Waals surface area contributed by atoms with Crippen molar-refractivity contribution >= 4 is 27.7 Å². The molecule has 1 heterocycles. The maximum Gasteiger partial charge on any atom is 0.416 e. The Hall–Kier alpha value is -4.93. The van der Waals surface area contributed by atoms with Crippen LogP contribution in [0.1, 0.15) is 40.3 Å². The molecule has 5 aromatic carbocycles. The summed E-state index contributed by atoms with van der Waals surface area (Å²) < 4.78 is 54.8. The van der Waals surface area contributed by atoms with Gasteiger partial charge < -0.3 is 19.9 Å². The molecule has 1 aliphatic rings. The summed E-state index contributed by atoms with van der Waals surface area (Å²) in [5.74, 6) is 0.233. The average Bonchev–Trinajstić information content (AvgIpc) is 3.52. The Morgan fingerprint density at radius 2 is 1.48 bits per heavy atom. The fraction of sp³-hybridized carbons (Fsp3) is 0.200. The fourth-order valence-electron chi connectivity index (χ4n) is 5.96. The van der Waals surface area contributed by atoms with E-state index in [0.29, 0.717) is 29.9 Å². The standard InChI is InChI=1S/C40H34BrF3N2O4/c41-33-19-11-27(12-20-33)25-39(38(48)45-26-32-9-4-5-10-35(32)40(42,43)44)36(30-15-13-29(14-16-30)28-7-2-1-3-8-28)50-37(46-39)31-17-21-34(22-18-31)49-24-6-23-47/h1-5,7-22,36,47H,6,23-26H2,(H,45,48)/t36-,39-/m1/s1. The predicted molar refractivity (Wildman–Crippen MR) is 190 cm³/mol. The highest BCUT2D eigenvalue weighted by molar-refractivity contribution is 9.10. The number of ether oxygens (including phenoxy) is 2. The molecule has 1 amide bonds. The minimum absolute atomic E-state index is 0.0146. The molecule has 0 aliphatic carbocycles. The van der Waals surface area contributed by atoms with Crippen molar-refractivity contribution < 1.29 is 32.5 Å². The van der Waals surface area contributed by atoms with Gasteiger partial charge in [-0.1, -0.05) is 101 Å². The van der Waals surface area contributed by atoms with Crippen molar-refractivity contribution in [1.82, 2.24) is 5.32 Å². The molecule has 5 aromatic rings. The first-order valence-corrected chi connectivity index (χ1v) is 16.9. The van der Waals surface area contributed by atoms with Crippen LogP contribution in [-0.4, -0.2) is 35.7 Å². The van der Waals surface area contributed by atoms with Crippen molar-refractivity contribution in [3.8, 4) is 16.9 Å². The number of benzene rings is 5. The number of carbonyl (C=O) groups is 1. The number of halogens is 4. The number of aliphatic hydroxyl groups is 1. The highest BCUT2D eigenvalue weighted by atomic mass is 79.9. The van der Waals surface area contributed by atoms with Gasteiger partial charge in [0.25, 0.3) is 5.91 Å². The van der Waals surface area contributed by atoms with Crippen LogP contribution in [-0.2, 0) is 28.7 Å². The third-order valence-electron chi connectivity index (χ3n) is 8.50. The number of rotatable bonds is 12. The van der Waals surface area contributed by atoms with E-state index in [2.05, 4.69) is 21.2 Å². The second kappa shape index (κ2) is 15.3. The predicted octanol–water partition coefficient (Wildman–Crippen LogP) is 8.71. The quantitative estimate of drug-likeness (QED) is 0.125. The maximum atomic E-state index is 14.6. The first kappa shape index (κ1) is 34.9. The molecular weight excluding hydrogens is 709 g/mol. The molecule has 0 unspecified atom stereocenters.